The highest BCUT2D eigenvalue weighted by molar-refractivity contribution is 7.90. The second-order valence-corrected chi connectivity index (χ2v) is 9.66. The minimum Gasteiger partial charge on any atom is -0.483 e. The normalized spacial score (nSPS) is 11.8. The highest BCUT2D eigenvalue weighted by Gasteiger charge is 2.29. The van der Waals surface area contributed by atoms with Crippen molar-refractivity contribution in [2.75, 3.05) is 18.2 Å². The van der Waals surface area contributed by atoms with Crippen molar-refractivity contribution in [3.63, 3.8) is 0 Å². The van der Waals surface area contributed by atoms with Crippen molar-refractivity contribution in [1.82, 2.24) is 0 Å². The molecular weight excluding hydrogens is 479 g/mol. The Morgan fingerprint density at radius 2 is 1.67 bits per heavy atom. The standard InChI is InChI=1S/C23H19ClF3NO4S/c1-33(30,31)17-9-6-15(7-10-17)12-22(29)28-16-8-11-18(20(24)13-16)19-4-2-3-5-21(19)32-14-23(25,26)27/h2-11,13H,12,14H2,1H3,(H,28,29). The molecule has 3 rings (SSSR count). The zero-order valence-corrected chi connectivity index (χ0v) is 18.9. The summed E-state index contributed by atoms with van der Waals surface area (Å²) in [5.74, 6) is -0.314. The predicted octanol–water partition coefficient (Wildman–Crippen LogP) is 5.53. The SMILES string of the molecule is CS(=O)(=O)c1ccc(CC(=O)Nc2ccc(-c3ccccc3OCC(F)(F)F)c(Cl)c2)cc1. The number of anilines is 1. The number of ether oxygens (including phenoxy) is 1. The fraction of sp³-hybridized carbons (Fsp3) is 0.174. The first-order valence-corrected chi connectivity index (χ1v) is 11.9. The minimum atomic E-state index is -4.48. The van der Waals surface area contributed by atoms with E-state index < -0.39 is 22.6 Å². The van der Waals surface area contributed by atoms with E-state index in [1.165, 1.54) is 24.3 Å². The molecule has 0 heterocycles. The number of rotatable bonds is 7. The van der Waals surface area contributed by atoms with Crippen LogP contribution >= 0.6 is 11.6 Å². The number of halogens is 4. The van der Waals surface area contributed by atoms with Crippen LogP contribution in [0.1, 0.15) is 5.56 Å². The number of sulfone groups is 1. The van der Waals surface area contributed by atoms with E-state index in [2.05, 4.69) is 5.32 Å². The largest absolute Gasteiger partial charge is 0.483 e. The molecule has 0 aliphatic rings. The summed E-state index contributed by atoms with van der Waals surface area (Å²) in [5, 5.41) is 2.91. The maximum atomic E-state index is 12.5. The lowest BCUT2D eigenvalue weighted by atomic mass is 10.0. The van der Waals surface area contributed by atoms with Gasteiger partial charge in [0.05, 0.1) is 16.3 Å². The van der Waals surface area contributed by atoms with E-state index >= 15 is 0 Å². The van der Waals surface area contributed by atoms with Crippen molar-refractivity contribution in [3.8, 4) is 16.9 Å². The van der Waals surface area contributed by atoms with Crippen LogP contribution in [-0.4, -0.2) is 33.4 Å². The van der Waals surface area contributed by atoms with Gasteiger partial charge in [0, 0.05) is 23.1 Å². The van der Waals surface area contributed by atoms with Crippen molar-refractivity contribution < 1.29 is 31.1 Å². The smallest absolute Gasteiger partial charge is 0.422 e. The molecule has 0 saturated carbocycles. The zero-order valence-electron chi connectivity index (χ0n) is 17.3. The van der Waals surface area contributed by atoms with Crippen molar-refractivity contribution in [1.29, 1.82) is 0 Å². The van der Waals surface area contributed by atoms with Crippen LogP contribution in [0, 0.1) is 0 Å². The summed E-state index contributed by atoms with van der Waals surface area (Å²) in [6, 6.07) is 16.8. The lowest BCUT2D eigenvalue weighted by Crippen LogP contribution is -2.19. The number of para-hydroxylation sites is 1. The fourth-order valence-electron chi connectivity index (χ4n) is 3.03. The van der Waals surface area contributed by atoms with Gasteiger partial charge in [-0.2, -0.15) is 13.2 Å². The second-order valence-electron chi connectivity index (χ2n) is 7.24. The highest BCUT2D eigenvalue weighted by Crippen LogP contribution is 2.36. The Morgan fingerprint density at radius 3 is 2.27 bits per heavy atom. The van der Waals surface area contributed by atoms with Gasteiger partial charge in [-0.25, -0.2) is 8.42 Å². The molecule has 0 fully saturated rings. The molecule has 0 aromatic heterocycles. The number of alkyl halides is 3. The van der Waals surface area contributed by atoms with E-state index in [1.54, 1.807) is 42.5 Å². The number of hydrogen-bond acceptors (Lipinski definition) is 4. The van der Waals surface area contributed by atoms with Gasteiger partial charge in [-0.3, -0.25) is 4.79 Å². The van der Waals surface area contributed by atoms with Crippen molar-refractivity contribution in [3.05, 3.63) is 77.3 Å². The molecule has 10 heteroatoms. The monoisotopic (exact) mass is 497 g/mol. The van der Waals surface area contributed by atoms with E-state index in [9.17, 15) is 26.4 Å². The van der Waals surface area contributed by atoms with E-state index in [-0.39, 0.29) is 28.0 Å². The summed E-state index contributed by atoms with van der Waals surface area (Å²) in [7, 11) is -3.32. The maximum absolute atomic E-state index is 12.5. The average molecular weight is 498 g/mol. The molecule has 0 aliphatic heterocycles. The van der Waals surface area contributed by atoms with Crippen LogP contribution < -0.4 is 10.1 Å². The molecule has 0 saturated heterocycles. The Bertz CT molecular complexity index is 1260. The third-order valence-corrected chi connectivity index (χ3v) is 5.98. The van der Waals surface area contributed by atoms with Crippen molar-refractivity contribution >= 4 is 33.0 Å². The van der Waals surface area contributed by atoms with Crippen LogP contribution in [-0.2, 0) is 21.1 Å². The molecule has 3 aromatic carbocycles. The minimum absolute atomic E-state index is 0.0114. The number of hydrogen-bond donors (Lipinski definition) is 1. The second kappa shape index (κ2) is 9.84. The number of carbonyl (C=O) groups is 1. The van der Waals surface area contributed by atoms with Crippen LogP contribution in [0.15, 0.2) is 71.6 Å². The molecule has 0 aliphatic carbocycles. The molecule has 3 aromatic rings. The Hall–Kier alpha value is -3.04. The Labute approximate surface area is 194 Å². The molecule has 174 valence electrons. The van der Waals surface area contributed by atoms with Crippen LogP contribution in [0.2, 0.25) is 5.02 Å². The third-order valence-electron chi connectivity index (χ3n) is 4.54. The topological polar surface area (TPSA) is 72.5 Å². The molecule has 0 unspecified atom stereocenters. The predicted molar refractivity (Wildman–Crippen MR) is 120 cm³/mol. The Balaban J connectivity index is 1.72. The lowest BCUT2D eigenvalue weighted by Gasteiger charge is -2.15. The highest BCUT2D eigenvalue weighted by atomic mass is 35.5. The average Bonchev–Trinajstić information content (AvgIpc) is 2.72. The quantitative estimate of drug-likeness (QED) is 0.465. The van der Waals surface area contributed by atoms with Crippen LogP contribution in [0.25, 0.3) is 11.1 Å². The summed E-state index contributed by atoms with van der Waals surface area (Å²) in [4.78, 5) is 12.5. The Kier molecular flexibility index (Phi) is 7.34. The van der Waals surface area contributed by atoms with E-state index in [0.717, 1.165) is 6.26 Å². The molecule has 0 atom stereocenters. The van der Waals surface area contributed by atoms with E-state index in [1.807, 2.05) is 0 Å². The number of amides is 1. The number of carbonyl (C=O) groups excluding carboxylic acids is 1. The van der Waals surface area contributed by atoms with Gasteiger partial charge in [-0.1, -0.05) is 48.0 Å². The maximum Gasteiger partial charge on any atom is 0.422 e. The fourth-order valence-corrected chi connectivity index (χ4v) is 3.94. The molecule has 33 heavy (non-hydrogen) atoms. The van der Waals surface area contributed by atoms with Crippen LogP contribution in [0.4, 0.5) is 18.9 Å². The van der Waals surface area contributed by atoms with Gasteiger partial charge in [0.15, 0.2) is 16.4 Å². The summed E-state index contributed by atoms with van der Waals surface area (Å²) in [6.45, 7) is -1.43. The van der Waals surface area contributed by atoms with Gasteiger partial charge in [-0.15, -0.1) is 0 Å². The number of nitrogens with one attached hydrogen (secondary N) is 1. The van der Waals surface area contributed by atoms with Gasteiger partial charge in [0.25, 0.3) is 0 Å². The van der Waals surface area contributed by atoms with Gasteiger partial charge in [0.1, 0.15) is 5.75 Å². The lowest BCUT2D eigenvalue weighted by molar-refractivity contribution is -0.153. The molecule has 1 amide bonds. The van der Waals surface area contributed by atoms with Crippen molar-refractivity contribution in [2.24, 2.45) is 0 Å². The van der Waals surface area contributed by atoms with Gasteiger partial charge in [0.2, 0.25) is 5.91 Å². The van der Waals surface area contributed by atoms with E-state index in [0.29, 0.717) is 22.4 Å². The zero-order chi connectivity index (χ0) is 24.2. The number of benzene rings is 3. The Morgan fingerprint density at radius 1 is 1.00 bits per heavy atom. The molecule has 0 spiro atoms. The molecular formula is C23H19ClF3NO4S. The van der Waals surface area contributed by atoms with Crippen LogP contribution in [0.5, 0.6) is 5.75 Å². The summed E-state index contributed by atoms with van der Waals surface area (Å²) in [5.41, 5.74) is 1.85. The van der Waals surface area contributed by atoms with Crippen molar-refractivity contribution in [2.45, 2.75) is 17.5 Å². The first-order valence-electron chi connectivity index (χ1n) is 9.60. The molecule has 5 nitrogen and oxygen atoms in total. The van der Waals surface area contributed by atoms with Gasteiger partial charge in [-0.05, 0) is 35.9 Å². The summed E-state index contributed by atoms with van der Waals surface area (Å²) < 4.78 is 65.6. The molecule has 0 bridgehead atoms. The first kappa shape index (κ1) is 24.6. The summed E-state index contributed by atoms with van der Waals surface area (Å²) >= 11 is 6.34. The van der Waals surface area contributed by atoms with Gasteiger partial charge >= 0.3 is 6.18 Å². The van der Waals surface area contributed by atoms with Gasteiger partial charge < -0.3 is 10.1 Å². The summed E-state index contributed by atoms with van der Waals surface area (Å²) in [6.07, 6.45) is -3.36. The first-order chi connectivity index (χ1) is 15.4. The van der Waals surface area contributed by atoms with E-state index in [4.69, 9.17) is 16.3 Å². The molecule has 1 N–H and O–H groups in total. The third kappa shape index (κ3) is 6.97. The van der Waals surface area contributed by atoms with Crippen LogP contribution in [0.3, 0.4) is 0 Å². The molecule has 0 radical (unpaired) electrons.